The second-order valence-electron chi connectivity index (χ2n) is 6.17. The summed E-state index contributed by atoms with van der Waals surface area (Å²) in [5, 5.41) is 11.5. The lowest BCUT2D eigenvalue weighted by Crippen LogP contribution is -2.15. The van der Waals surface area contributed by atoms with Gasteiger partial charge in [-0.3, -0.25) is 4.79 Å². The maximum Gasteiger partial charge on any atom is 0.341 e. The molecule has 1 heterocycles. The molecule has 0 bridgehead atoms. The van der Waals surface area contributed by atoms with E-state index in [1.54, 1.807) is 24.3 Å². The molecule has 0 spiro atoms. The summed E-state index contributed by atoms with van der Waals surface area (Å²) in [7, 11) is 0. The number of anilines is 1. The zero-order chi connectivity index (χ0) is 18.4. The van der Waals surface area contributed by atoms with Crippen LogP contribution in [0, 0.1) is 0 Å². The van der Waals surface area contributed by atoms with E-state index in [2.05, 4.69) is 5.32 Å². The van der Waals surface area contributed by atoms with Crippen LogP contribution in [0.4, 0.5) is 5.69 Å². The summed E-state index contributed by atoms with van der Waals surface area (Å²) in [5.74, 6) is -0.396. The highest BCUT2D eigenvalue weighted by Gasteiger charge is 2.16. The van der Waals surface area contributed by atoms with Crippen molar-refractivity contribution in [2.75, 3.05) is 25.1 Å². The standard InChI is InChI=1S/C20H21NO5/c22-19(23)13-26-18-3-1-2-17(12-18)21-20(24)16-6-4-14(5-7-16)15-8-10-25-11-9-15/h1-7,12,15H,8-11,13H2,(H,21,24)(H,22,23). The van der Waals surface area contributed by atoms with Crippen molar-refractivity contribution < 1.29 is 24.2 Å². The summed E-state index contributed by atoms with van der Waals surface area (Å²) in [4.78, 5) is 23.0. The summed E-state index contributed by atoms with van der Waals surface area (Å²) in [6.07, 6.45) is 2.02. The zero-order valence-electron chi connectivity index (χ0n) is 14.3. The third kappa shape index (κ3) is 4.83. The van der Waals surface area contributed by atoms with Crippen LogP contribution in [-0.4, -0.2) is 36.8 Å². The molecule has 1 saturated heterocycles. The van der Waals surface area contributed by atoms with Crippen LogP contribution < -0.4 is 10.1 Å². The second kappa shape index (κ2) is 8.49. The summed E-state index contributed by atoms with van der Waals surface area (Å²) in [5.41, 5.74) is 2.35. The van der Waals surface area contributed by atoms with Gasteiger partial charge >= 0.3 is 5.97 Å². The topological polar surface area (TPSA) is 84.9 Å². The van der Waals surface area contributed by atoms with E-state index in [1.807, 2.05) is 24.3 Å². The van der Waals surface area contributed by atoms with Gasteiger partial charge in [0.15, 0.2) is 6.61 Å². The molecular formula is C20H21NO5. The van der Waals surface area contributed by atoms with E-state index >= 15 is 0 Å². The van der Waals surface area contributed by atoms with E-state index in [1.165, 1.54) is 5.56 Å². The fraction of sp³-hybridized carbons (Fsp3) is 0.300. The molecule has 136 valence electrons. The van der Waals surface area contributed by atoms with E-state index in [4.69, 9.17) is 14.6 Å². The van der Waals surface area contributed by atoms with Crippen molar-refractivity contribution in [1.82, 2.24) is 0 Å². The highest BCUT2D eigenvalue weighted by atomic mass is 16.5. The molecule has 0 aliphatic carbocycles. The van der Waals surface area contributed by atoms with Crippen LogP contribution in [0.2, 0.25) is 0 Å². The molecule has 0 radical (unpaired) electrons. The number of rotatable bonds is 6. The first-order valence-electron chi connectivity index (χ1n) is 8.55. The number of benzene rings is 2. The molecule has 1 aliphatic rings. The van der Waals surface area contributed by atoms with Crippen molar-refractivity contribution in [2.45, 2.75) is 18.8 Å². The maximum absolute atomic E-state index is 12.4. The highest BCUT2D eigenvalue weighted by molar-refractivity contribution is 6.04. The number of carboxylic acid groups (broad SMARTS) is 1. The fourth-order valence-electron chi connectivity index (χ4n) is 2.95. The molecule has 0 aromatic heterocycles. The van der Waals surface area contributed by atoms with E-state index in [-0.39, 0.29) is 5.91 Å². The quantitative estimate of drug-likeness (QED) is 0.830. The first-order chi connectivity index (χ1) is 12.6. The summed E-state index contributed by atoms with van der Waals surface area (Å²) in [6.45, 7) is 1.14. The van der Waals surface area contributed by atoms with Crippen LogP contribution in [0.25, 0.3) is 0 Å². The van der Waals surface area contributed by atoms with E-state index in [0.29, 0.717) is 22.9 Å². The van der Waals surface area contributed by atoms with Gasteiger partial charge in [-0.15, -0.1) is 0 Å². The van der Waals surface area contributed by atoms with Crippen LogP contribution in [-0.2, 0) is 9.53 Å². The van der Waals surface area contributed by atoms with Crippen LogP contribution in [0.3, 0.4) is 0 Å². The van der Waals surface area contributed by atoms with Crippen LogP contribution in [0.5, 0.6) is 5.75 Å². The second-order valence-corrected chi connectivity index (χ2v) is 6.17. The maximum atomic E-state index is 12.4. The number of hydrogen-bond acceptors (Lipinski definition) is 4. The van der Waals surface area contributed by atoms with Crippen molar-refractivity contribution in [3.8, 4) is 5.75 Å². The van der Waals surface area contributed by atoms with Gasteiger partial charge in [-0.2, -0.15) is 0 Å². The molecule has 2 aromatic rings. The third-order valence-corrected chi connectivity index (χ3v) is 4.32. The predicted octanol–water partition coefficient (Wildman–Crippen LogP) is 3.30. The van der Waals surface area contributed by atoms with Crippen LogP contribution in [0.1, 0.15) is 34.7 Å². The lowest BCUT2D eigenvalue weighted by Gasteiger charge is -2.22. The Morgan fingerprint density at radius 2 is 1.85 bits per heavy atom. The Balaban J connectivity index is 1.62. The molecule has 3 rings (SSSR count). The van der Waals surface area contributed by atoms with Crippen molar-refractivity contribution >= 4 is 17.6 Å². The lowest BCUT2D eigenvalue weighted by atomic mass is 9.91. The number of nitrogens with one attached hydrogen (secondary N) is 1. The van der Waals surface area contributed by atoms with Gasteiger partial charge < -0.3 is 19.9 Å². The normalized spacial score (nSPS) is 14.6. The van der Waals surface area contributed by atoms with Gasteiger partial charge in [0.05, 0.1) is 0 Å². The van der Waals surface area contributed by atoms with Crippen molar-refractivity contribution in [3.05, 3.63) is 59.7 Å². The number of carboxylic acids is 1. The van der Waals surface area contributed by atoms with Gasteiger partial charge in [-0.1, -0.05) is 18.2 Å². The van der Waals surface area contributed by atoms with Crippen molar-refractivity contribution in [3.63, 3.8) is 0 Å². The van der Waals surface area contributed by atoms with Crippen molar-refractivity contribution in [1.29, 1.82) is 0 Å². The van der Waals surface area contributed by atoms with Gasteiger partial charge in [0.25, 0.3) is 5.91 Å². The first kappa shape index (κ1) is 17.9. The average molecular weight is 355 g/mol. The highest BCUT2D eigenvalue weighted by Crippen LogP contribution is 2.27. The van der Waals surface area contributed by atoms with E-state index < -0.39 is 12.6 Å². The van der Waals surface area contributed by atoms with E-state index in [0.717, 1.165) is 26.1 Å². The Bertz CT molecular complexity index is 766. The summed E-state index contributed by atoms with van der Waals surface area (Å²) in [6, 6.07) is 14.3. The molecule has 2 aromatic carbocycles. The van der Waals surface area contributed by atoms with Gasteiger partial charge in [0, 0.05) is 30.5 Å². The number of ether oxygens (including phenoxy) is 2. The number of carbonyl (C=O) groups is 2. The Hall–Kier alpha value is -2.86. The lowest BCUT2D eigenvalue weighted by molar-refractivity contribution is -0.139. The molecule has 0 unspecified atom stereocenters. The molecule has 2 N–H and O–H groups in total. The SMILES string of the molecule is O=C(O)COc1cccc(NC(=O)c2ccc(C3CCOCC3)cc2)c1. The van der Waals surface area contributed by atoms with Gasteiger partial charge in [-0.05, 0) is 48.6 Å². The molecular weight excluding hydrogens is 334 g/mol. The Labute approximate surface area is 151 Å². The zero-order valence-corrected chi connectivity index (χ0v) is 14.3. The fourth-order valence-corrected chi connectivity index (χ4v) is 2.95. The number of carbonyl (C=O) groups excluding carboxylic acids is 1. The molecule has 1 amide bonds. The summed E-state index contributed by atoms with van der Waals surface area (Å²) < 4.78 is 10.5. The largest absolute Gasteiger partial charge is 0.482 e. The summed E-state index contributed by atoms with van der Waals surface area (Å²) >= 11 is 0. The van der Waals surface area contributed by atoms with Crippen LogP contribution in [0.15, 0.2) is 48.5 Å². The molecule has 6 nitrogen and oxygen atoms in total. The van der Waals surface area contributed by atoms with Gasteiger partial charge in [-0.25, -0.2) is 4.79 Å². The molecule has 0 atom stereocenters. The first-order valence-corrected chi connectivity index (χ1v) is 8.55. The number of amides is 1. The molecule has 0 saturated carbocycles. The minimum Gasteiger partial charge on any atom is -0.482 e. The molecule has 1 aliphatic heterocycles. The van der Waals surface area contributed by atoms with Gasteiger partial charge in [0.2, 0.25) is 0 Å². The minimum atomic E-state index is -1.05. The smallest absolute Gasteiger partial charge is 0.341 e. The number of aliphatic carboxylic acids is 1. The monoisotopic (exact) mass is 355 g/mol. The Kier molecular flexibility index (Phi) is 5.86. The average Bonchev–Trinajstić information content (AvgIpc) is 2.67. The van der Waals surface area contributed by atoms with E-state index in [9.17, 15) is 9.59 Å². The molecule has 26 heavy (non-hydrogen) atoms. The van der Waals surface area contributed by atoms with Crippen molar-refractivity contribution in [2.24, 2.45) is 0 Å². The number of hydrogen-bond donors (Lipinski definition) is 2. The van der Waals surface area contributed by atoms with Gasteiger partial charge in [0.1, 0.15) is 5.75 Å². The predicted molar refractivity (Wildman–Crippen MR) is 96.8 cm³/mol. The Morgan fingerprint density at radius 1 is 1.12 bits per heavy atom. The minimum absolute atomic E-state index is 0.223. The third-order valence-electron chi connectivity index (χ3n) is 4.32. The molecule has 1 fully saturated rings. The van der Waals surface area contributed by atoms with Crippen LogP contribution >= 0.6 is 0 Å². The Morgan fingerprint density at radius 3 is 2.54 bits per heavy atom. The molecule has 6 heteroatoms.